The smallest absolute Gasteiger partial charge is 0.294 e. The fourth-order valence-electron chi connectivity index (χ4n) is 1.33. The average Bonchev–Trinajstić information content (AvgIpc) is 2.03. The summed E-state index contributed by atoms with van der Waals surface area (Å²) in [5, 5.41) is 9.18. The molecule has 1 fully saturated rings. The summed E-state index contributed by atoms with van der Waals surface area (Å²) in [6.45, 7) is 1.09. The summed E-state index contributed by atoms with van der Waals surface area (Å²) in [5.74, 6) is 0. The number of nitrogens with zero attached hydrogens (tertiary/aromatic N) is 2. The zero-order chi connectivity index (χ0) is 8.97. The fourth-order valence-corrected chi connectivity index (χ4v) is 1.33. The van der Waals surface area contributed by atoms with Gasteiger partial charge in [-0.1, -0.05) is 0 Å². The van der Waals surface area contributed by atoms with Crippen molar-refractivity contribution in [3.8, 4) is 0 Å². The van der Waals surface area contributed by atoms with Gasteiger partial charge in [-0.05, 0) is 26.3 Å². The monoisotopic (exact) mass is 173 g/mol. The van der Waals surface area contributed by atoms with E-state index in [0.717, 1.165) is 19.4 Å². The molecule has 1 heterocycles. The van der Waals surface area contributed by atoms with Gasteiger partial charge in [-0.2, -0.15) is 0 Å². The van der Waals surface area contributed by atoms with E-state index in [4.69, 9.17) is 0 Å². The number of likely N-dealkylation sites (tertiary alicyclic amines) is 1. The molecule has 1 rings (SSSR count). The third-order valence-electron chi connectivity index (χ3n) is 2.12. The zero-order valence-electron chi connectivity index (χ0n) is 7.10. The van der Waals surface area contributed by atoms with Gasteiger partial charge in [0.2, 0.25) is 0 Å². The highest BCUT2D eigenvalue weighted by atomic mass is 16.9. The first-order chi connectivity index (χ1) is 5.70. The molecule has 1 atom stereocenters. The van der Waals surface area contributed by atoms with Crippen LogP contribution in [0.3, 0.4) is 0 Å². The van der Waals surface area contributed by atoms with E-state index < -0.39 is 5.09 Å². The molecule has 0 aliphatic carbocycles. The van der Waals surface area contributed by atoms with Gasteiger partial charge in [0, 0.05) is 12.6 Å². The van der Waals surface area contributed by atoms with Crippen LogP contribution in [-0.4, -0.2) is 36.2 Å². The third-order valence-corrected chi connectivity index (χ3v) is 2.12. The van der Waals surface area contributed by atoms with E-state index in [-0.39, 0.29) is 12.6 Å². The molecule has 1 saturated heterocycles. The predicted molar refractivity (Wildman–Crippen MR) is 42.9 cm³/mol. The van der Waals surface area contributed by atoms with E-state index in [9.17, 15) is 10.1 Å². The maximum atomic E-state index is 9.91. The van der Waals surface area contributed by atoms with Crippen molar-refractivity contribution in [1.29, 1.82) is 0 Å². The molecule has 1 aliphatic heterocycles. The fraction of sp³-hybridized carbons (Fsp3) is 0.857. The Kier molecular flexibility index (Phi) is 3.28. The average molecular weight is 173 g/mol. The number of hydrogen-bond acceptors (Lipinski definition) is 4. The second kappa shape index (κ2) is 4.25. The number of hydrogen-bond donors (Lipinski definition) is 0. The molecular weight excluding hydrogens is 160 g/mol. The van der Waals surface area contributed by atoms with Crippen LogP contribution in [-0.2, 0) is 4.84 Å². The van der Waals surface area contributed by atoms with E-state index in [1.807, 2.05) is 7.05 Å². The highest BCUT2D eigenvalue weighted by Gasteiger charge is 2.19. The van der Waals surface area contributed by atoms with Crippen molar-refractivity contribution in [3.05, 3.63) is 16.5 Å². The number of piperidine rings is 1. The maximum Gasteiger partial charge on any atom is 0.294 e. The third kappa shape index (κ3) is 2.65. The standard InChI is InChI=1S/C7H13N2O3/c1-8-5-3-2-4-7(8)6-12-9(10)11/h3,7H,2,4-6H2,1H3. The summed E-state index contributed by atoms with van der Waals surface area (Å²) in [7, 11) is 1.95. The van der Waals surface area contributed by atoms with E-state index in [2.05, 4.69) is 16.2 Å². The van der Waals surface area contributed by atoms with Crippen LogP contribution in [0.2, 0.25) is 0 Å². The molecule has 0 aromatic rings. The normalized spacial score (nSPS) is 25.2. The Morgan fingerprint density at radius 1 is 1.83 bits per heavy atom. The molecule has 0 aromatic carbocycles. The van der Waals surface area contributed by atoms with Crippen molar-refractivity contribution < 1.29 is 9.92 Å². The van der Waals surface area contributed by atoms with E-state index in [0.29, 0.717) is 0 Å². The summed E-state index contributed by atoms with van der Waals surface area (Å²) in [4.78, 5) is 16.3. The second-order valence-electron chi connectivity index (χ2n) is 2.98. The van der Waals surface area contributed by atoms with Gasteiger partial charge in [-0.3, -0.25) is 0 Å². The molecule has 1 aliphatic rings. The molecule has 1 unspecified atom stereocenters. The van der Waals surface area contributed by atoms with Gasteiger partial charge in [0.25, 0.3) is 5.09 Å². The summed E-state index contributed by atoms with van der Waals surface area (Å²) >= 11 is 0. The van der Waals surface area contributed by atoms with Crippen LogP contribution in [0.1, 0.15) is 12.8 Å². The molecule has 0 bridgehead atoms. The highest BCUT2D eigenvalue weighted by molar-refractivity contribution is 4.82. The van der Waals surface area contributed by atoms with Gasteiger partial charge in [0.15, 0.2) is 0 Å². The van der Waals surface area contributed by atoms with Gasteiger partial charge < -0.3 is 9.74 Å². The Morgan fingerprint density at radius 3 is 3.17 bits per heavy atom. The van der Waals surface area contributed by atoms with Gasteiger partial charge in [0.1, 0.15) is 6.61 Å². The van der Waals surface area contributed by atoms with E-state index in [1.165, 1.54) is 0 Å². The summed E-state index contributed by atoms with van der Waals surface area (Å²) in [6.07, 6.45) is 4.14. The second-order valence-corrected chi connectivity index (χ2v) is 2.98. The summed E-state index contributed by atoms with van der Waals surface area (Å²) < 4.78 is 0. The minimum absolute atomic E-state index is 0.192. The Hall–Kier alpha value is -0.840. The molecule has 0 saturated carbocycles. The molecule has 0 amide bonds. The van der Waals surface area contributed by atoms with Gasteiger partial charge >= 0.3 is 0 Å². The van der Waals surface area contributed by atoms with Crippen molar-refractivity contribution in [3.63, 3.8) is 0 Å². The van der Waals surface area contributed by atoms with E-state index >= 15 is 0 Å². The maximum absolute atomic E-state index is 9.91. The van der Waals surface area contributed by atoms with Crippen LogP contribution in [0.5, 0.6) is 0 Å². The van der Waals surface area contributed by atoms with Crippen LogP contribution >= 0.6 is 0 Å². The van der Waals surface area contributed by atoms with Crippen molar-refractivity contribution in [2.24, 2.45) is 0 Å². The first-order valence-corrected chi connectivity index (χ1v) is 3.99. The van der Waals surface area contributed by atoms with Crippen LogP contribution in [0.25, 0.3) is 0 Å². The van der Waals surface area contributed by atoms with Crippen LogP contribution in [0.15, 0.2) is 0 Å². The molecule has 5 heteroatoms. The first kappa shape index (κ1) is 9.25. The first-order valence-electron chi connectivity index (χ1n) is 3.99. The molecule has 69 valence electrons. The van der Waals surface area contributed by atoms with Gasteiger partial charge in [-0.15, -0.1) is 10.1 Å². The molecule has 0 spiro atoms. The minimum Gasteiger partial charge on any atom is -0.312 e. The number of likely N-dealkylation sites (N-methyl/N-ethyl adjacent to an activating group) is 1. The van der Waals surface area contributed by atoms with Crippen LogP contribution in [0.4, 0.5) is 0 Å². The number of rotatable bonds is 3. The molecule has 1 radical (unpaired) electrons. The molecule has 0 N–H and O–H groups in total. The van der Waals surface area contributed by atoms with E-state index in [1.54, 1.807) is 0 Å². The zero-order valence-corrected chi connectivity index (χ0v) is 7.10. The van der Waals surface area contributed by atoms with Crippen LogP contribution in [0, 0.1) is 16.5 Å². The largest absolute Gasteiger partial charge is 0.312 e. The van der Waals surface area contributed by atoms with Crippen LogP contribution < -0.4 is 0 Å². The molecular formula is C7H13N2O3. The lowest BCUT2D eigenvalue weighted by Crippen LogP contribution is -2.40. The molecule has 0 aromatic heterocycles. The quantitative estimate of drug-likeness (QED) is 0.460. The summed E-state index contributed by atoms with van der Waals surface area (Å²) in [5.41, 5.74) is 0. The minimum atomic E-state index is -0.730. The Morgan fingerprint density at radius 2 is 2.58 bits per heavy atom. The predicted octanol–water partition coefficient (Wildman–Crippen LogP) is 0.493. The van der Waals surface area contributed by atoms with Crippen molar-refractivity contribution in [2.75, 3.05) is 20.2 Å². The van der Waals surface area contributed by atoms with Crippen molar-refractivity contribution in [2.45, 2.75) is 18.9 Å². The molecule has 12 heavy (non-hydrogen) atoms. The Labute approximate surface area is 71.4 Å². The topological polar surface area (TPSA) is 55.6 Å². The lowest BCUT2D eigenvalue weighted by atomic mass is 10.0. The van der Waals surface area contributed by atoms with Crippen molar-refractivity contribution >= 4 is 0 Å². The summed E-state index contributed by atoms with van der Waals surface area (Å²) in [6, 6.07) is 0.195. The SMILES string of the molecule is CN1C[CH]CCC1CO[N+](=O)[O-]. The molecule has 5 nitrogen and oxygen atoms in total. The Bertz CT molecular complexity index is 163. The Balaban J connectivity index is 2.24. The van der Waals surface area contributed by atoms with Gasteiger partial charge in [-0.25, -0.2) is 0 Å². The van der Waals surface area contributed by atoms with Crippen molar-refractivity contribution in [1.82, 2.24) is 4.90 Å². The van der Waals surface area contributed by atoms with Gasteiger partial charge in [0.05, 0.1) is 0 Å². The lowest BCUT2D eigenvalue weighted by Gasteiger charge is -2.31. The lowest BCUT2D eigenvalue weighted by molar-refractivity contribution is -0.758. The highest BCUT2D eigenvalue weighted by Crippen LogP contribution is 2.14.